The summed E-state index contributed by atoms with van der Waals surface area (Å²) in [6, 6.07) is 0. The van der Waals surface area contributed by atoms with Crippen molar-refractivity contribution in [2.75, 3.05) is 19.3 Å². The van der Waals surface area contributed by atoms with Gasteiger partial charge in [-0.2, -0.15) is 0 Å². The van der Waals surface area contributed by atoms with Crippen molar-refractivity contribution in [2.24, 2.45) is 11.8 Å². The Hall–Kier alpha value is -0.0900. The van der Waals surface area contributed by atoms with E-state index in [0.717, 1.165) is 37.8 Å². The summed E-state index contributed by atoms with van der Waals surface area (Å²) >= 11 is 0. The Balaban J connectivity index is 2.39. The molecule has 0 spiro atoms. The molecule has 14 heavy (non-hydrogen) atoms. The van der Waals surface area contributed by atoms with Crippen molar-refractivity contribution in [3.8, 4) is 0 Å². The molecule has 84 valence electrons. The summed E-state index contributed by atoms with van der Waals surface area (Å²) < 4.78 is 24.1. The maximum absolute atomic E-state index is 11.2. The lowest BCUT2D eigenvalue weighted by Gasteiger charge is -2.30. The maximum Gasteiger partial charge on any atom is 0.211 e. The Morgan fingerprint density at radius 2 is 1.79 bits per heavy atom. The van der Waals surface area contributed by atoms with E-state index in [4.69, 9.17) is 0 Å². The van der Waals surface area contributed by atoms with Crippen LogP contribution in [-0.2, 0) is 10.0 Å². The van der Waals surface area contributed by atoms with Crippen LogP contribution in [0.15, 0.2) is 0 Å². The van der Waals surface area contributed by atoms with Crippen molar-refractivity contribution in [3.05, 3.63) is 0 Å². The fourth-order valence-corrected chi connectivity index (χ4v) is 3.02. The van der Waals surface area contributed by atoms with Gasteiger partial charge < -0.3 is 0 Å². The average Bonchev–Trinajstić information content (AvgIpc) is 2.02. The van der Waals surface area contributed by atoms with Gasteiger partial charge in [0, 0.05) is 13.1 Å². The minimum Gasteiger partial charge on any atom is -0.213 e. The SMILES string of the molecule is CC(C)CC1CCN(S(C)(=O)=O)CC1. The van der Waals surface area contributed by atoms with Gasteiger partial charge in [0.1, 0.15) is 0 Å². The highest BCUT2D eigenvalue weighted by atomic mass is 32.2. The van der Waals surface area contributed by atoms with Crippen LogP contribution >= 0.6 is 0 Å². The van der Waals surface area contributed by atoms with E-state index in [-0.39, 0.29) is 0 Å². The molecule has 1 fully saturated rings. The molecule has 1 rings (SSSR count). The van der Waals surface area contributed by atoms with Crippen LogP contribution in [0.3, 0.4) is 0 Å². The van der Waals surface area contributed by atoms with Crippen molar-refractivity contribution in [2.45, 2.75) is 33.1 Å². The quantitative estimate of drug-likeness (QED) is 0.724. The molecule has 0 saturated carbocycles. The van der Waals surface area contributed by atoms with Gasteiger partial charge in [-0.05, 0) is 31.1 Å². The fourth-order valence-electron chi connectivity index (χ4n) is 2.14. The van der Waals surface area contributed by atoms with Crippen molar-refractivity contribution in [1.29, 1.82) is 0 Å². The molecule has 1 heterocycles. The molecular weight excluding hydrogens is 198 g/mol. The second-order valence-corrected chi connectivity index (χ2v) is 6.72. The monoisotopic (exact) mass is 219 g/mol. The van der Waals surface area contributed by atoms with E-state index >= 15 is 0 Å². The summed E-state index contributed by atoms with van der Waals surface area (Å²) in [7, 11) is -2.94. The Morgan fingerprint density at radius 3 is 2.14 bits per heavy atom. The molecule has 0 atom stereocenters. The lowest BCUT2D eigenvalue weighted by Crippen LogP contribution is -2.37. The van der Waals surface area contributed by atoms with Crippen LogP contribution in [0.25, 0.3) is 0 Å². The highest BCUT2D eigenvalue weighted by Gasteiger charge is 2.24. The van der Waals surface area contributed by atoms with Crippen molar-refractivity contribution < 1.29 is 8.42 Å². The zero-order chi connectivity index (χ0) is 10.8. The number of hydrogen-bond donors (Lipinski definition) is 0. The summed E-state index contributed by atoms with van der Waals surface area (Å²) in [5.41, 5.74) is 0. The second kappa shape index (κ2) is 4.62. The molecule has 0 bridgehead atoms. The summed E-state index contributed by atoms with van der Waals surface area (Å²) in [5, 5.41) is 0. The molecule has 0 aromatic heterocycles. The summed E-state index contributed by atoms with van der Waals surface area (Å²) in [4.78, 5) is 0. The van der Waals surface area contributed by atoms with E-state index in [0.29, 0.717) is 0 Å². The Labute approximate surface area is 87.5 Å². The standard InChI is InChI=1S/C10H21NO2S/c1-9(2)8-10-4-6-11(7-5-10)14(3,12)13/h9-10H,4-8H2,1-3H3. The fraction of sp³-hybridized carbons (Fsp3) is 1.00. The third kappa shape index (κ3) is 3.58. The second-order valence-electron chi connectivity index (χ2n) is 4.73. The van der Waals surface area contributed by atoms with Crippen LogP contribution in [0.1, 0.15) is 33.1 Å². The van der Waals surface area contributed by atoms with E-state index in [2.05, 4.69) is 13.8 Å². The predicted molar refractivity (Wildman–Crippen MR) is 58.6 cm³/mol. The lowest BCUT2D eigenvalue weighted by molar-refractivity contribution is 0.247. The average molecular weight is 219 g/mol. The Morgan fingerprint density at radius 1 is 1.29 bits per heavy atom. The van der Waals surface area contributed by atoms with Crippen LogP contribution in [0, 0.1) is 11.8 Å². The molecule has 0 aromatic carbocycles. The molecule has 1 aliphatic rings. The van der Waals surface area contributed by atoms with Gasteiger partial charge in [0.05, 0.1) is 6.26 Å². The number of sulfonamides is 1. The van der Waals surface area contributed by atoms with Gasteiger partial charge in [-0.3, -0.25) is 0 Å². The number of nitrogens with zero attached hydrogens (tertiary/aromatic N) is 1. The van der Waals surface area contributed by atoms with E-state index in [1.165, 1.54) is 12.7 Å². The number of hydrogen-bond acceptors (Lipinski definition) is 2. The predicted octanol–water partition coefficient (Wildman–Crippen LogP) is 1.70. The summed E-state index contributed by atoms with van der Waals surface area (Å²) in [5.74, 6) is 1.46. The maximum atomic E-state index is 11.2. The number of piperidine rings is 1. The van der Waals surface area contributed by atoms with Crippen LogP contribution in [0.2, 0.25) is 0 Å². The van der Waals surface area contributed by atoms with Crippen LogP contribution in [0.4, 0.5) is 0 Å². The topological polar surface area (TPSA) is 37.4 Å². The van der Waals surface area contributed by atoms with Gasteiger partial charge in [-0.15, -0.1) is 0 Å². The first kappa shape index (κ1) is 12.0. The molecule has 0 radical (unpaired) electrons. The van der Waals surface area contributed by atoms with Crippen LogP contribution < -0.4 is 0 Å². The van der Waals surface area contributed by atoms with E-state index in [1.54, 1.807) is 4.31 Å². The summed E-state index contributed by atoms with van der Waals surface area (Å²) in [6.07, 6.45) is 4.60. The van der Waals surface area contributed by atoms with Crippen LogP contribution in [0.5, 0.6) is 0 Å². The largest absolute Gasteiger partial charge is 0.213 e. The molecule has 4 heteroatoms. The molecule has 1 saturated heterocycles. The van der Waals surface area contributed by atoms with Gasteiger partial charge in [0.25, 0.3) is 0 Å². The molecular formula is C10H21NO2S. The molecule has 1 aliphatic heterocycles. The first-order valence-corrected chi connectivity index (χ1v) is 7.19. The highest BCUT2D eigenvalue weighted by molar-refractivity contribution is 7.88. The first-order chi connectivity index (χ1) is 6.39. The Kier molecular flexibility index (Phi) is 3.95. The zero-order valence-corrected chi connectivity index (χ0v) is 10.2. The smallest absolute Gasteiger partial charge is 0.211 e. The van der Waals surface area contributed by atoms with E-state index in [9.17, 15) is 8.42 Å². The van der Waals surface area contributed by atoms with E-state index in [1.807, 2.05) is 0 Å². The molecule has 0 aromatic rings. The number of rotatable bonds is 3. The van der Waals surface area contributed by atoms with Gasteiger partial charge >= 0.3 is 0 Å². The zero-order valence-electron chi connectivity index (χ0n) is 9.36. The molecule has 0 unspecified atom stereocenters. The molecule has 0 aliphatic carbocycles. The molecule has 3 nitrogen and oxygen atoms in total. The van der Waals surface area contributed by atoms with Gasteiger partial charge in [0.2, 0.25) is 10.0 Å². The van der Waals surface area contributed by atoms with Crippen LogP contribution in [-0.4, -0.2) is 32.1 Å². The van der Waals surface area contributed by atoms with E-state index < -0.39 is 10.0 Å². The third-order valence-electron chi connectivity index (χ3n) is 2.85. The van der Waals surface area contributed by atoms with Gasteiger partial charge in [0.15, 0.2) is 0 Å². The minimum atomic E-state index is -2.94. The van der Waals surface area contributed by atoms with Crippen molar-refractivity contribution >= 4 is 10.0 Å². The normalized spacial score (nSPS) is 21.7. The Bertz CT molecular complexity index is 264. The third-order valence-corrected chi connectivity index (χ3v) is 4.15. The lowest BCUT2D eigenvalue weighted by atomic mass is 9.89. The van der Waals surface area contributed by atoms with Gasteiger partial charge in [-0.25, -0.2) is 12.7 Å². The first-order valence-electron chi connectivity index (χ1n) is 5.34. The van der Waals surface area contributed by atoms with Crippen molar-refractivity contribution in [3.63, 3.8) is 0 Å². The summed E-state index contributed by atoms with van der Waals surface area (Å²) in [6.45, 7) is 5.89. The molecule has 0 amide bonds. The van der Waals surface area contributed by atoms with Crippen molar-refractivity contribution in [1.82, 2.24) is 4.31 Å². The van der Waals surface area contributed by atoms with Gasteiger partial charge in [-0.1, -0.05) is 13.8 Å². The molecule has 0 N–H and O–H groups in total. The highest BCUT2D eigenvalue weighted by Crippen LogP contribution is 2.24. The minimum absolute atomic E-state index is 0.718.